The van der Waals surface area contributed by atoms with Gasteiger partial charge in [-0.25, -0.2) is 0 Å². The Bertz CT molecular complexity index is 1130. The zero-order chi connectivity index (χ0) is 20.0. The molecule has 6 rings (SSSR count). The highest BCUT2D eigenvalue weighted by Crippen LogP contribution is 2.41. The van der Waals surface area contributed by atoms with Crippen LogP contribution in [0.1, 0.15) is 37.7 Å². The fourth-order valence-electron chi connectivity index (χ4n) is 5.26. The first-order valence-electron chi connectivity index (χ1n) is 10.9. The summed E-state index contributed by atoms with van der Waals surface area (Å²) in [6.07, 6.45) is 19.7. The topological polar surface area (TPSA) is 30.7 Å². The van der Waals surface area contributed by atoms with Crippen LogP contribution < -0.4 is 4.65 Å². The van der Waals surface area contributed by atoms with E-state index in [9.17, 15) is 0 Å². The molecule has 2 aliphatic heterocycles. The van der Waals surface area contributed by atoms with Crippen LogP contribution in [0, 0.1) is 0 Å². The zero-order valence-electron chi connectivity index (χ0n) is 16.9. The van der Waals surface area contributed by atoms with E-state index < -0.39 is 13.8 Å². The van der Waals surface area contributed by atoms with Crippen molar-refractivity contribution in [3.8, 4) is 5.75 Å². The second kappa shape index (κ2) is 6.91. The lowest BCUT2D eigenvalue weighted by atomic mass is 9.58. The lowest BCUT2D eigenvalue weighted by Crippen LogP contribution is -2.62. The summed E-state index contributed by atoms with van der Waals surface area (Å²) < 4.78 is 22.6. The second-order valence-electron chi connectivity index (χ2n) is 8.71. The Balaban J connectivity index is 1.54. The predicted octanol–water partition coefficient (Wildman–Crippen LogP) is 4.07. The van der Waals surface area contributed by atoms with Gasteiger partial charge in [-0.05, 0) is 42.6 Å². The monoisotopic (exact) mass is 395 g/mol. The van der Waals surface area contributed by atoms with Crippen LogP contribution in [0.2, 0.25) is 0 Å². The molecule has 3 aliphatic carbocycles. The van der Waals surface area contributed by atoms with Gasteiger partial charge in [0.05, 0.1) is 11.3 Å². The summed E-state index contributed by atoms with van der Waals surface area (Å²) in [7, 11) is -0.537. The summed E-state index contributed by atoms with van der Waals surface area (Å²) in [4.78, 5) is 0. The molecule has 1 saturated heterocycles. The van der Waals surface area contributed by atoms with E-state index >= 15 is 0 Å². The highest BCUT2D eigenvalue weighted by atomic mass is 16.7. The largest absolute Gasteiger partial charge is 0.630 e. The maximum absolute atomic E-state index is 6.83. The molecular formula is C24H23B2NO3. The van der Waals surface area contributed by atoms with Crippen molar-refractivity contribution >= 4 is 20.0 Å². The first-order valence-corrected chi connectivity index (χ1v) is 10.9. The van der Waals surface area contributed by atoms with Gasteiger partial charge in [-0.2, -0.15) is 0 Å². The van der Waals surface area contributed by atoms with Crippen LogP contribution in [-0.4, -0.2) is 36.7 Å². The van der Waals surface area contributed by atoms with E-state index in [1.54, 1.807) is 0 Å². The van der Waals surface area contributed by atoms with Gasteiger partial charge in [0.1, 0.15) is 18.4 Å². The van der Waals surface area contributed by atoms with Crippen LogP contribution in [-0.2, 0) is 9.23 Å². The number of nitrogens with zero attached hydrogens (tertiary/aromatic N) is 1. The Morgan fingerprint density at radius 1 is 1.00 bits per heavy atom. The van der Waals surface area contributed by atoms with Gasteiger partial charge >= 0.3 is 13.8 Å². The highest BCUT2D eigenvalue weighted by molar-refractivity contribution is 6.77. The van der Waals surface area contributed by atoms with E-state index in [4.69, 9.17) is 13.9 Å². The second-order valence-corrected chi connectivity index (χ2v) is 8.71. The van der Waals surface area contributed by atoms with E-state index in [-0.39, 0.29) is 5.60 Å². The van der Waals surface area contributed by atoms with Crippen molar-refractivity contribution in [2.24, 2.45) is 0 Å². The molecule has 0 N–H and O–H groups in total. The number of para-hydroxylation sites is 1. The fourth-order valence-corrected chi connectivity index (χ4v) is 5.26. The third-order valence-electron chi connectivity index (χ3n) is 6.74. The van der Waals surface area contributed by atoms with Crippen molar-refractivity contribution in [2.45, 2.75) is 37.7 Å². The van der Waals surface area contributed by atoms with Crippen molar-refractivity contribution in [1.82, 2.24) is 0 Å². The van der Waals surface area contributed by atoms with E-state index in [0.717, 1.165) is 41.6 Å². The molecule has 1 aromatic carbocycles. The molecule has 2 fully saturated rings. The average molecular weight is 395 g/mol. The van der Waals surface area contributed by atoms with Gasteiger partial charge in [0.2, 0.25) is 0 Å². The van der Waals surface area contributed by atoms with Crippen molar-refractivity contribution in [3.05, 3.63) is 88.7 Å². The Morgan fingerprint density at radius 2 is 1.83 bits per heavy atom. The van der Waals surface area contributed by atoms with Gasteiger partial charge in [0.15, 0.2) is 0 Å². The van der Waals surface area contributed by atoms with Crippen molar-refractivity contribution in [2.75, 3.05) is 6.54 Å². The third kappa shape index (κ3) is 2.85. The Labute approximate surface area is 177 Å². The predicted molar refractivity (Wildman–Crippen MR) is 118 cm³/mol. The molecule has 1 aromatic rings. The first kappa shape index (κ1) is 18.1. The minimum absolute atomic E-state index is 0.268. The molecule has 1 atom stereocenters. The maximum atomic E-state index is 6.83. The normalized spacial score (nSPS) is 27.9. The SMILES string of the molecule is C1=CC=CC=1B1O[B-]2(C3=C=CC=C3)Oc3ccccc3C=[N+]2CC2(CCCCC2)O1. The van der Waals surface area contributed by atoms with Crippen LogP contribution in [0.25, 0.3) is 0 Å². The molecule has 1 unspecified atom stereocenters. The van der Waals surface area contributed by atoms with Crippen molar-refractivity contribution < 1.29 is 18.4 Å². The summed E-state index contributed by atoms with van der Waals surface area (Å²) in [5, 5.41) is 0. The van der Waals surface area contributed by atoms with Crippen LogP contribution in [0.4, 0.5) is 0 Å². The minimum Gasteiger partial charge on any atom is -0.630 e. The molecule has 30 heavy (non-hydrogen) atoms. The summed E-state index contributed by atoms with van der Waals surface area (Å²) in [6, 6.07) is 8.14. The molecule has 1 saturated carbocycles. The summed E-state index contributed by atoms with van der Waals surface area (Å²) >= 11 is 0. The van der Waals surface area contributed by atoms with Gasteiger partial charge in [-0.15, -0.1) is 11.5 Å². The van der Waals surface area contributed by atoms with Gasteiger partial charge in [-0.3, -0.25) is 0 Å². The van der Waals surface area contributed by atoms with E-state index in [1.165, 1.54) is 19.3 Å². The van der Waals surface area contributed by atoms with Crippen LogP contribution in [0.3, 0.4) is 0 Å². The molecule has 2 heterocycles. The first-order chi connectivity index (χ1) is 14.8. The number of allylic oxidation sites excluding steroid dienone is 6. The maximum Gasteiger partial charge on any atom is 0.620 e. The fraction of sp³-hybridized carbons (Fsp3) is 0.292. The Morgan fingerprint density at radius 3 is 2.63 bits per heavy atom. The van der Waals surface area contributed by atoms with Crippen molar-refractivity contribution in [1.29, 1.82) is 0 Å². The van der Waals surface area contributed by atoms with Crippen molar-refractivity contribution in [3.63, 3.8) is 0 Å². The number of hydrogen-bond donors (Lipinski definition) is 0. The molecule has 0 aromatic heterocycles. The lowest BCUT2D eigenvalue weighted by molar-refractivity contribution is -0.441. The van der Waals surface area contributed by atoms with Gasteiger partial charge in [0, 0.05) is 5.47 Å². The van der Waals surface area contributed by atoms with Gasteiger partial charge < -0.3 is 18.4 Å². The summed E-state index contributed by atoms with van der Waals surface area (Å²) in [5.74, 6) is 0.827. The van der Waals surface area contributed by atoms with E-state index in [2.05, 4.69) is 28.2 Å². The van der Waals surface area contributed by atoms with E-state index in [1.807, 2.05) is 54.7 Å². The Kier molecular flexibility index (Phi) is 4.16. The quantitative estimate of drug-likeness (QED) is 0.559. The smallest absolute Gasteiger partial charge is 0.620 e. The molecule has 5 aliphatic rings. The molecule has 6 heteroatoms. The van der Waals surface area contributed by atoms with Gasteiger partial charge in [-0.1, -0.05) is 55.7 Å². The molecule has 0 amide bonds. The molecule has 0 radical (unpaired) electrons. The van der Waals surface area contributed by atoms with Crippen LogP contribution in [0.5, 0.6) is 5.75 Å². The Hall–Kier alpha value is -2.74. The van der Waals surface area contributed by atoms with Gasteiger partial charge in [0.25, 0.3) is 0 Å². The van der Waals surface area contributed by atoms with E-state index in [0.29, 0.717) is 0 Å². The highest BCUT2D eigenvalue weighted by Gasteiger charge is 2.59. The summed E-state index contributed by atoms with van der Waals surface area (Å²) in [6.45, 7) is -1.27. The molecule has 0 bridgehead atoms. The molecular weight excluding hydrogens is 372 g/mol. The van der Waals surface area contributed by atoms with Crippen LogP contribution >= 0.6 is 0 Å². The molecule has 4 nitrogen and oxygen atoms in total. The lowest BCUT2D eigenvalue weighted by Gasteiger charge is -2.41. The number of benzene rings is 1. The number of fused-ring (bicyclic) bond motifs is 2. The number of rotatable bonds is 2. The molecule has 1 spiro atoms. The zero-order valence-corrected chi connectivity index (χ0v) is 16.9. The van der Waals surface area contributed by atoms with Crippen LogP contribution in [0.15, 0.2) is 83.1 Å². The standard InChI is InChI=1S/C24H23B2NO3/c1-8-16-24(17-9-1)19-27-18-20-10-2-7-15-23(20)28-26(27,22-13-5-6-14-22)30-25(29-24)21-11-3-4-12-21/h2-7,10-11,13,15,18H,1,8-9,16-17,19H2. The molecule has 148 valence electrons. The average Bonchev–Trinajstić information content (AvgIpc) is 3.47. The third-order valence-corrected chi connectivity index (χ3v) is 6.74. The number of hydrogen-bond acceptors (Lipinski definition) is 3. The summed E-state index contributed by atoms with van der Waals surface area (Å²) in [5.41, 5.74) is 9.28. The minimum atomic E-state index is -2.01.